The Morgan fingerprint density at radius 1 is 1.08 bits per heavy atom. The largest absolute Gasteiger partial charge is 0.497 e. The van der Waals surface area contributed by atoms with Crippen molar-refractivity contribution in [2.45, 2.75) is 12.5 Å². The van der Waals surface area contributed by atoms with E-state index in [1.807, 2.05) is 24.3 Å². The quantitative estimate of drug-likeness (QED) is 0.807. The molecule has 0 N–H and O–H groups in total. The fourth-order valence-corrected chi connectivity index (χ4v) is 3.98. The first-order valence-corrected chi connectivity index (χ1v) is 8.50. The van der Waals surface area contributed by atoms with Gasteiger partial charge in [-0.15, -0.1) is 0 Å². The average Bonchev–Trinajstić information content (AvgIpc) is 3.07. The minimum absolute atomic E-state index is 0.104. The molecule has 1 unspecified atom stereocenters. The van der Waals surface area contributed by atoms with Crippen LogP contribution in [0.3, 0.4) is 0 Å². The van der Waals surface area contributed by atoms with E-state index >= 15 is 0 Å². The Hall–Kier alpha value is -2.59. The Morgan fingerprint density at radius 3 is 2.56 bits per heavy atom. The molecule has 2 aliphatic rings. The number of nitrogens with zero attached hydrogens (tertiary/aromatic N) is 1. The number of esters is 1. The van der Waals surface area contributed by atoms with Crippen molar-refractivity contribution < 1.29 is 14.3 Å². The van der Waals surface area contributed by atoms with Crippen LogP contribution in [-0.2, 0) is 16.0 Å². The lowest BCUT2D eigenvalue weighted by Gasteiger charge is -2.33. The van der Waals surface area contributed by atoms with Gasteiger partial charge in [0.2, 0.25) is 0 Å². The molecule has 2 aromatic rings. The van der Waals surface area contributed by atoms with Crippen molar-refractivity contribution in [3.8, 4) is 5.75 Å². The number of methoxy groups -OCH3 is 2. The molecule has 0 bridgehead atoms. The van der Waals surface area contributed by atoms with Gasteiger partial charge in [-0.3, -0.25) is 4.90 Å². The Labute approximate surface area is 147 Å². The molecule has 4 heteroatoms. The Balaban J connectivity index is 1.87. The lowest BCUT2D eigenvalue weighted by molar-refractivity contribution is -0.136. The number of hydrogen-bond donors (Lipinski definition) is 0. The zero-order valence-electron chi connectivity index (χ0n) is 14.5. The van der Waals surface area contributed by atoms with Crippen molar-refractivity contribution in [3.05, 3.63) is 70.8 Å². The lowest BCUT2D eigenvalue weighted by Crippen LogP contribution is -2.33. The number of benzene rings is 2. The summed E-state index contributed by atoms with van der Waals surface area (Å²) >= 11 is 0. The summed E-state index contributed by atoms with van der Waals surface area (Å²) in [4.78, 5) is 14.8. The molecule has 0 saturated heterocycles. The highest BCUT2D eigenvalue weighted by atomic mass is 16.5. The Bertz CT molecular complexity index is 838. The first kappa shape index (κ1) is 15.9. The van der Waals surface area contributed by atoms with Crippen molar-refractivity contribution in [2.24, 2.45) is 0 Å². The molecule has 0 saturated carbocycles. The first-order valence-electron chi connectivity index (χ1n) is 8.50. The third kappa shape index (κ3) is 2.63. The smallest absolute Gasteiger partial charge is 0.335 e. The van der Waals surface area contributed by atoms with Crippen LogP contribution in [0.1, 0.15) is 22.7 Å². The molecule has 4 rings (SSSR count). The molecule has 0 fully saturated rings. The van der Waals surface area contributed by atoms with Gasteiger partial charge in [0.05, 0.1) is 25.8 Å². The van der Waals surface area contributed by atoms with Gasteiger partial charge in [0.15, 0.2) is 0 Å². The monoisotopic (exact) mass is 335 g/mol. The molecular weight excluding hydrogens is 314 g/mol. The number of ether oxygens (including phenoxy) is 2. The summed E-state index contributed by atoms with van der Waals surface area (Å²) in [6.45, 7) is 1.58. The highest BCUT2D eigenvalue weighted by Gasteiger charge is 2.40. The van der Waals surface area contributed by atoms with Crippen LogP contribution < -0.4 is 4.74 Å². The standard InChI is InChI=1S/C21H21NO3/c1-24-16-9-7-15(8-10-16)19-18(21(23)25-2)13-22-12-11-14-5-3-4-6-17(14)20(19)22/h3-10,20H,11-13H2,1-2H3. The van der Waals surface area contributed by atoms with Gasteiger partial charge in [-0.05, 0) is 40.8 Å². The number of carbonyl (C=O) groups excluding carboxylic acids is 1. The van der Waals surface area contributed by atoms with Crippen molar-refractivity contribution >= 4 is 11.5 Å². The van der Waals surface area contributed by atoms with E-state index in [0.717, 1.165) is 35.4 Å². The zero-order valence-corrected chi connectivity index (χ0v) is 14.5. The van der Waals surface area contributed by atoms with Crippen LogP contribution in [0.15, 0.2) is 54.1 Å². The summed E-state index contributed by atoms with van der Waals surface area (Å²) in [5.41, 5.74) is 5.51. The van der Waals surface area contributed by atoms with E-state index in [4.69, 9.17) is 9.47 Å². The molecular formula is C21H21NO3. The highest BCUT2D eigenvalue weighted by Crippen LogP contribution is 2.46. The van der Waals surface area contributed by atoms with Crippen molar-refractivity contribution in [1.82, 2.24) is 4.90 Å². The fourth-order valence-electron chi connectivity index (χ4n) is 3.98. The second-order valence-corrected chi connectivity index (χ2v) is 6.43. The van der Waals surface area contributed by atoms with Gasteiger partial charge in [0.1, 0.15) is 5.75 Å². The maximum atomic E-state index is 12.4. The van der Waals surface area contributed by atoms with E-state index in [0.29, 0.717) is 6.54 Å². The van der Waals surface area contributed by atoms with E-state index in [1.54, 1.807) is 7.11 Å². The molecule has 0 spiro atoms. The van der Waals surface area contributed by atoms with Crippen LogP contribution in [0.25, 0.3) is 5.57 Å². The summed E-state index contributed by atoms with van der Waals surface area (Å²) in [6.07, 6.45) is 1.01. The number of hydrogen-bond acceptors (Lipinski definition) is 4. The van der Waals surface area contributed by atoms with Crippen LogP contribution in [0.2, 0.25) is 0 Å². The van der Waals surface area contributed by atoms with Gasteiger partial charge < -0.3 is 9.47 Å². The molecule has 128 valence electrons. The van der Waals surface area contributed by atoms with Crippen molar-refractivity contribution in [1.29, 1.82) is 0 Å². The van der Waals surface area contributed by atoms with E-state index in [9.17, 15) is 4.79 Å². The van der Waals surface area contributed by atoms with E-state index in [2.05, 4.69) is 29.2 Å². The van der Waals surface area contributed by atoms with Gasteiger partial charge >= 0.3 is 5.97 Å². The van der Waals surface area contributed by atoms with Gasteiger partial charge in [-0.25, -0.2) is 4.79 Å². The summed E-state index contributed by atoms with van der Waals surface area (Å²) < 4.78 is 10.3. The normalized spacial score (nSPS) is 19.4. The van der Waals surface area contributed by atoms with Crippen LogP contribution in [0.4, 0.5) is 0 Å². The zero-order chi connectivity index (χ0) is 17.4. The predicted octanol–water partition coefficient (Wildman–Crippen LogP) is 3.23. The second kappa shape index (κ2) is 6.37. The maximum Gasteiger partial charge on any atom is 0.335 e. The van der Waals surface area contributed by atoms with Crippen LogP contribution in [0, 0.1) is 0 Å². The molecule has 1 atom stereocenters. The minimum atomic E-state index is -0.238. The second-order valence-electron chi connectivity index (χ2n) is 6.43. The third-order valence-corrected chi connectivity index (χ3v) is 5.18. The molecule has 2 heterocycles. The highest BCUT2D eigenvalue weighted by molar-refractivity contribution is 6.01. The lowest BCUT2D eigenvalue weighted by atomic mass is 9.86. The number of fused-ring (bicyclic) bond motifs is 3. The van der Waals surface area contributed by atoms with E-state index < -0.39 is 0 Å². The molecule has 0 aromatic heterocycles. The molecule has 0 radical (unpaired) electrons. The number of rotatable bonds is 3. The van der Waals surface area contributed by atoms with Gasteiger partial charge in [0.25, 0.3) is 0 Å². The molecule has 0 aliphatic carbocycles. The van der Waals surface area contributed by atoms with Gasteiger partial charge in [-0.2, -0.15) is 0 Å². The molecule has 4 nitrogen and oxygen atoms in total. The fraction of sp³-hybridized carbons (Fsp3) is 0.286. The Kier molecular flexibility index (Phi) is 4.06. The van der Waals surface area contributed by atoms with Crippen LogP contribution in [-0.4, -0.2) is 38.2 Å². The summed E-state index contributed by atoms with van der Waals surface area (Å²) in [5, 5.41) is 0. The summed E-state index contributed by atoms with van der Waals surface area (Å²) in [6, 6.07) is 16.6. The molecule has 2 aliphatic heterocycles. The summed E-state index contributed by atoms with van der Waals surface area (Å²) in [5.74, 6) is 0.570. The number of carbonyl (C=O) groups is 1. The summed E-state index contributed by atoms with van der Waals surface area (Å²) in [7, 11) is 3.11. The topological polar surface area (TPSA) is 38.8 Å². The van der Waals surface area contributed by atoms with Crippen LogP contribution in [0.5, 0.6) is 5.75 Å². The van der Waals surface area contributed by atoms with Crippen molar-refractivity contribution in [2.75, 3.05) is 27.3 Å². The van der Waals surface area contributed by atoms with Crippen molar-refractivity contribution in [3.63, 3.8) is 0 Å². The molecule has 0 amide bonds. The molecule has 2 aromatic carbocycles. The van der Waals surface area contributed by atoms with E-state index in [1.165, 1.54) is 18.2 Å². The minimum Gasteiger partial charge on any atom is -0.497 e. The third-order valence-electron chi connectivity index (χ3n) is 5.18. The van der Waals surface area contributed by atoms with Gasteiger partial charge in [0, 0.05) is 13.1 Å². The van der Waals surface area contributed by atoms with Crippen LogP contribution >= 0.6 is 0 Å². The molecule has 25 heavy (non-hydrogen) atoms. The van der Waals surface area contributed by atoms with E-state index in [-0.39, 0.29) is 12.0 Å². The SMILES string of the molecule is COC(=O)C1=C(c2ccc(OC)cc2)C2c3ccccc3CCN2C1. The Morgan fingerprint density at radius 2 is 1.84 bits per heavy atom. The predicted molar refractivity (Wildman–Crippen MR) is 96.4 cm³/mol. The van der Waals surface area contributed by atoms with Gasteiger partial charge in [-0.1, -0.05) is 36.4 Å². The maximum absolute atomic E-state index is 12.4. The average molecular weight is 335 g/mol. The first-order chi connectivity index (χ1) is 12.2.